The predicted octanol–water partition coefficient (Wildman–Crippen LogP) is 2.97. The molecule has 0 atom stereocenters. The van der Waals surface area contributed by atoms with E-state index in [0.29, 0.717) is 24.4 Å². The van der Waals surface area contributed by atoms with Gasteiger partial charge in [-0.3, -0.25) is 0 Å². The molecule has 108 valence electrons. The van der Waals surface area contributed by atoms with Crippen molar-refractivity contribution in [3.8, 4) is 17.1 Å². The monoisotopic (exact) mass is 287 g/mol. The van der Waals surface area contributed by atoms with Crippen molar-refractivity contribution in [2.75, 3.05) is 7.11 Å². The van der Waals surface area contributed by atoms with Crippen LogP contribution < -0.4 is 4.74 Å². The Labute approximate surface area is 121 Å². The van der Waals surface area contributed by atoms with Gasteiger partial charge in [0.2, 0.25) is 11.5 Å². The zero-order valence-corrected chi connectivity index (χ0v) is 11.5. The van der Waals surface area contributed by atoms with E-state index in [1.807, 2.05) is 0 Å². The molecule has 1 aliphatic carbocycles. The first-order valence-corrected chi connectivity index (χ1v) is 6.63. The standard InChI is InChI=1S/C16H14FNO3/c1-20-15(19)16(9-10-16)21-14-4-2-3-13(18-14)11-5-7-12(17)8-6-11/h2-8H,9-10H2,1H3. The zero-order chi connectivity index (χ0) is 14.9. The van der Waals surface area contributed by atoms with Gasteiger partial charge in [-0.05, 0) is 30.3 Å². The Morgan fingerprint density at radius 1 is 1.19 bits per heavy atom. The second kappa shape index (κ2) is 5.16. The summed E-state index contributed by atoms with van der Waals surface area (Å²) in [6, 6.07) is 11.3. The first-order chi connectivity index (χ1) is 10.1. The smallest absolute Gasteiger partial charge is 0.350 e. The molecule has 5 heteroatoms. The molecule has 1 saturated carbocycles. The van der Waals surface area contributed by atoms with Crippen molar-refractivity contribution in [3.63, 3.8) is 0 Å². The van der Waals surface area contributed by atoms with Gasteiger partial charge in [-0.2, -0.15) is 0 Å². The number of esters is 1. The van der Waals surface area contributed by atoms with Crippen molar-refractivity contribution < 1.29 is 18.7 Å². The summed E-state index contributed by atoms with van der Waals surface area (Å²) in [5, 5.41) is 0. The summed E-state index contributed by atoms with van der Waals surface area (Å²) in [5.74, 6) is -0.315. The Morgan fingerprint density at radius 2 is 1.90 bits per heavy atom. The highest BCUT2D eigenvalue weighted by Crippen LogP contribution is 2.41. The van der Waals surface area contributed by atoms with E-state index in [1.54, 1.807) is 30.3 Å². The molecule has 3 rings (SSSR count). The van der Waals surface area contributed by atoms with Crippen LogP contribution in [0.3, 0.4) is 0 Å². The first kappa shape index (κ1) is 13.5. The van der Waals surface area contributed by atoms with Gasteiger partial charge in [0.15, 0.2) is 0 Å². The van der Waals surface area contributed by atoms with Gasteiger partial charge >= 0.3 is 5.97 Å². The number of hydrogen-bond donors (Lipinski definition) is 0. The predicted molar refractivity (Wildman–Crippen MR) is 74.2 cm³/mol. The van der Waals surface area contributed by atoms with Gasteiger partial charge < -0.3 is 9.47 Å². The highest BCUT2D eigenvalue weighted by molar-refractivity contribution is 5.83. The molecule has 0 aliphatic heterocycles. The average Bonchev–Trinajstić information content (AvgIpc) is 3.28. The number of methoxy groups -OCH3 is 1. The Bertz CT molecular complexity index is 665. The number of hydrogen-bond acceptors (Lipinski definition) is 4. The van der Waals surface area contributed by atoms with Crippen LogP contribution in [0.2, 0.25) is 0 Å². The molecular formula is C16H14FNO3. The minimum atomic E-state index is -0.886. The molecule has 21 heavy (non-hydrogen) atoms. The van der Waals surface area contributed by atoms with Crippen molar-refractivity contribution >= 4 is 5.97 Å². The van der Waals surface area contributed by atoms with Gasteiger partial charge in [0.25, 0.3) is 0 Å². The third kappa shape index (κ3) is 2.72. The number of halogens is 1. The van der Waals surface area contributed by atoms with Crippen LogP contribution in [0.5, 0.6) is 5.88 Å². The Hall–Kier alpha value is -2.43. The van der Waals surface area contributed by atoms with Crippen LogP contribution in [-0.4, -0.2) is 23.7 Å². The van der Waals surface area contributed by atoms with Crippen LogP contribution in [0, 0.1) is 5.82 Å². The van der Waals surface area contributed by atoms with E-state index >= 15 is 0 Å². The number of rotatable bonds is 4. The van der Waals surface area contributed by atoms with Gasteiger partial charge in [0.1, 0.15) is 5.82 Å². The Morgan fingerprint density at radius 3 is 2.52 bits per heavy atom. The van der Waals surface area contributed by atoms with Crippen LogP contribution in [0.4, 0.5) is 4.39 Å². The highest BCUT2D eigenvalue weighted by atomic mass is 19.1. The molecule has 1 heterocycles. The van der Waals surface area contributed by atoms with Crippen LogP contribution in [0.15, 0.2) is 42.5 Å². The summed E-state index contributed by atoms with van der Waals surface area (Å²) in [6.07, 6.45) is 1.25. The van der Waals surface area contributed by atoms with Crippen molar-refractivity contribution in [2.45, 2.75) is 18.4 Å². The van der Waals surface area contributed by atoms with E-state index in [1.165, 1.54) is 19.2 Å². The summed E-state index contributed by atoms with van der Waals surface area (Å²) in [6.45, 7) is 0. The van der Waals surface area contributed by atoms with Gasteiger partial charge in [-0.15, -0.1) is 0 Å². The fourth-order valence-corrected chi connectivity index (χ4v) is 2.10. The normalized spacial score (nSPS) is 15.3. The molecule has 0 saturated heterocycles. The lowest BCUT2D eigenvalue weighted by Crippen LogP contribution is -2.31. The molecule has 0 N–H and O–H groups in total. The van der Waals surface area contributed by atoms with Crippen molar-refractivity contribution in [3.05, 3.63) is 48.3 Å². The quantitative estimate of drug-likeness (QED) is 0.811. The summed E-state index contributed by atoms with van der Waals surface area (Å²) in [4.78, 5) is 16.0. The molecule has 0 radical (unpaired) electrons. The first-order valence-electron chi connectivity index (χ1n) is 6.63. The molecule has 0 bridgehead atoms. The van der Waals surface area contributed by atoms with E-state index < -0.39 is 5.60 Å². The molecule has 1 fully saturated rings. The Kier molecular flexibility index (Phi) is 3.33. The van der Waals surface area contributed by atoms with Gasteiger partial charge in [-0.25, -0.2) is 14.2 Å². The molecule has 4 nitrogen and oxygen atoms in total. The molecule has 0 spiro atoms. The maximum Gasteiger partial charge on any atom is 0.350 e. The lowest BCUT2D eigenvalue weighted by atomic mass is 10.1. The average molecular weight is 287 g/mol. The minimum absolute atomic E-state index is 0.297. The van der Waals surface area contributed by atoms with Crippen molar-refractivity contribution in [2.24, 2.45) is 0 Å². The number of benzene rings is 1. The second-order valence-electron chi connectivity index (χ2n) is 4.96. The number of nitrogens with zero attached hydrogens (tertiary/aromatic N) is 1. The van der Waals surface area contributed by atoms with Crippen LogP contribution >= 0.6 is 0 Å². The number of carbonyl (C=O) groups is 1. The molecular weight excluding hydrogens is 273 g/mol. The topological polar surface area (TPSA) is 48.4 Å². The fraction of sp³-hybridized carbons (Fsp3) is 0.250. The minimum Gasteiger partial charge on any atom is -0.466 e. The maximum atomic E-state index is 12.9. The number of ether oxygens (including phenoxy) is 2. The molecule has 0 unspecified atom stereocenters. The summed E-state index contributed by atoms with van der Waals surface area (Å²) >= 11 is 0. The number of aromatic nitrogens is 1. The van der Waals surface area contributed by atoms with Crippen molar-refractivity contribution in [1.29, 1.82) is 0 Å². The SMILES string of the molecule is COC(=O)C1(Oc2cccc(-c3ccc(F)cc3)n2)CC1. The maximum absolute atomic E-state index is 12.9. The fourth-order valence-electron chi connectivity index (χ4n) is 2.10. The van der Waals surface area contributed by atoms with E-state index in [4.69, 9.17) is 9.47 Å². The summed E-state index contributed by atoms with van der Waals surface area (Å²) in [5.41, 5.74) is 0.557. The zero-order valence-electron chi connectivity index (χ0n) is 11.5. The van der Waals surface area contributed by atoms with E-state index in [0.717, 1.165) is 5.56 Å². The van der Waals surface area contributed by atoms with Gasteiger partial charge in [0, 0.05) is 24.5 Å². The third-order valence-corrected chi connectivity index (χ3v) is 3.42. The molecule has 0 amide bonds. The summed E-state index contributed by atoms with van der Waals surface area (Å²) in [7, 11) is 1.34. The lowest BCUT2D eigenvalue weighted by Gasteiger charge is -2.15. The lowest BCUT2D eigenvalue weighted by molar-refractivity contribution is -0.151. The molecule has 1 aliphatic rings. The number of pyridine rings is 1. The van der Waals surface area contributed by atoms with Crippen LogP contribution in [0.1, 0.15) is 12.8 Å². The molecule has 1 aromatic carbocycles. The molecule has 2 aromatic rings. The molecule has 1 aromatic heterocycles. The largest absolute Gasteiger partial charge is 0.466 e. The third-order valence-electron chi connectivity index (χ3n) is 3.42. The highest BCUT2D eigenvalue weighted by Gasteiger charge is 2.54. The van der Waals surface area contributed by atoms with Gasteiger partial charge in [-0.1, -0.05) is 6.07 Å². The van der Waals surface area contributed by atoms with E-state index in [2.05, 4.69) is 4.98 Å². The van der Waals surface area contributed by atoms with Crippen molar-refractivity contribution in [1.82, 2.24) is 4.98 Å². The van der Waals surface area contributed by atoms with Crippen LogP contribution in [0.25, 0.3) is 11.3 Å². The Balaban J connectivity index is 1.84. The second-order valence-corrected chi connectivity index (χ2v) is 4.96. The van der Waals surface area contributed by atoms with Gasteiger partial charge in [0.05, 0.1) is 12.8 Å². The summed E-state index contributed by atoms with van der Waals surface area (Å²) < 4.78 is 23.4. The van der Waals surface area contributed by atoms with E-state index in [9.17, 15) is 9.18 Å². The van der Waals surface area contributed by atoms with Crippen LogP contribution in [-0.2, 0) is 9.53 Å². The van der Waals surface area contributed by atoms with E-state index in [-0.39, 0.29) is 11.8 Å². The number of carbonyl (C=O) groups excluding carboxylic acids is 1.